The topological polar surface area (TPSA) is 49.6 Å². The zero-order chi connectivity index (χ0) is 9.84. The molecule has 0 aromatic rings. The summed E-state index contributed by atoms with van der Waals surface area (Å²) in [6, 6.07) is 0.381. The third-order valence-corrected chi connectivity index (χ3v) is 2.45. The molecule has 1 unspecified atom stereocenters. The number of likely N-dealkylation sites (tertiary alicyclic amines) is 1. The normalized spacial score (nSPS) is 22.8. The van der Waals surface area contributed by atoms with E-state index in [1.807, 2.05) is 19.0 Å². The lowest BCUT2D eigenvalue weighted by atomic mass is 10.2. The lowest BCUT2D eigenvalue weighted by Gasteiger charge is -2.26. The number of amides is 1. The molecule has 0 bridgehead atoms. The highest BCUT2D eigenvalue weighted by molar-refractivity contribution is 5.78. The Balaban J connectivity index is 2.48. The molecule has 1 fully saturated rings. The quantitative estimate of drug-likeness (QED) is 0.645. The first-order valence-corrected chi connectivity index (χ1v) is 4.79. The van der Waals surface area contributed by atoms with Gasteiger partial charge in [0.25, 0.3) is 0 Å². The van der Waals surface area contributed by atoms with Gasteiger partial charge in [-0.15, -0.1) is 0 Å². The van der Waals surface area contributed by atoms with Crippen LogP contribution in [0.4, 0.5) is 0 Å². The zero-order valence-electron chi connectivity index (χ0n) is 8.49. The van der Waals surface area contributed by atoms with E-state index in [2.05, 4.69) is 4.90 Å². The summed E-state index contributed by atoms with van der Waals surface area (Å²) >= 11 is 0. The van der Waals surface area contributed by atoms with Crippen LogP contribution in [0.25, 0.3) is 0 Å². The number of carbonyl (C=O) groups excluding carboxylic acids is 1. The van der Waals surface area contributed by atoms with Crippen LogP contribution in [0.2, 0.25) is 0 Å². The molecule has 4 heteroatoms. The number of hydrogen-bond donors (Lipinski definition) is 1. The second kappa shape index (κ2) is 4.58. The van der Waals surface area contributed by atoms with E-state index >= 15 is 0 Å². The zero-order valence-corrected chi connectivity index (χ0v) is 8.49. The molecule has 1 atom stereocenters. The van der Waals surface area contributed by atoms with Gasteiger partial charge in [-0.3, -0.25) is 4.79 Å². The van der Waals surface area contributed by atoms with Gasteiger partial charge in [-0.1, -0.05) is 0 Å². The maximum absolute atomic E-state index is 11.4. The van der Waals surface area contributed by atoms with Gasteiger partial charge in [0, 0.05) is 19.1 Å². The van der Waals surface area contributed by atoms with E-state index in [4.69, 9.17) is 5.73 Å². The second-order valence-electron chi connectivity index (χ2n) is 3.85. The standard InChI is InChI=1S/C9H19N3O/c1-11(2)7-8-4-3-5-12(8)9(13)6-10/h8H,3-7,10H2,1-2H3. The molecule has 1 aliphatic heterocycles. The molecular formula is C9H19N3O. The van der Waals surface area contributed by atoms with E-state index in [1.165, 1.54) is 0 Å². The maximum atomic E-state index is 11.4. The van der Waals surface area contributed by atoms with Crippen molar-refractivity contribution in [1.29, 1.82) is 0 Å². The van der Waals surface area contributed by atoms with Crippen molar-refractivity contribution >= 4 is 5.91 Å². The van der Waals surface area contributed by atoms with Crippen molar-refractivity contribution in [2.45, 2.75) is 18.9 Å². The fourth-order valence-corrected chi connectivity index (χ4v) is 1.89. The van der Waals surface area contributed by atoms with Gasteiger partial charge < -0.3 is 15.5 Å². The van der Waals surface area contributed by atoms with E-state index in [0.717, 1.165) is 25.9 Å². The van der Waals surface area contributed by atoms with Gasteiger partial charge in [0.1, 0.15) is 0 Å². The molecule has 1 heterocycles. The smallest absolute Gasteiger partial charge is 0.236 e. The summed E-state index contributed by atoms with van der Waals surface area (Å²) in [4.78, 5) is 15.4. The van der Waals surface area contributed by atoms with E-state index in [1.54, 1.807) is 0 Å². The van der Waals surface area contributed by atoms with Crippen molar-refractivity contribution in [2.24, 2.45) is 5.73 Å². The Labute approximate surface area is 79.7 Å². The van der Waals surface area contributed by atoms with Crippen molar-refractivity contribution in [3.8, 4) is 0 Å². The van der Waals surface area contributed by atoms with Crippen molar-refractivity contribution < 1.29 is 4.79 Å². The van der Waals surface area contributed by atoms with Gasteiger partial charge in [-0.2, -0.15) is 0 Å². The second-order valence-corrected chi connectivity index (χ2v) is 3.85. The van der Waals surface area contributed by atoms with Crippen LogP contribution in [0.1, 0.15) is 12.8 Å². The minimum Gasteiger partial charge on any atom is -0.337 e. The highest BCUT2D eigenvalue weighted by atomic mass is 16.2. The Hall–Kier alpha value is -0.610. The van der Waals surface area contributed by atoms with Crippen LogP contribution in [-0.2, 0) is 4.79 Å². The molecule has 1 rings (SSSR count). The highest BCUT2D eigenvalue weighted by Gasteiger charge is 2.27. The van der Waals surface area contributed by atoms with Crippen molar-refractivity contribution in [1.82, 2.24) is 9.80 Å². The summed E-state index contributed by atoms with van der Waals surface area (Å²) in [7, 11) is 4.06. The fourth-order valence-electron chi connectivity index (χ4n) is 1.89. The van der Waals surface area contributed by atoms with Crippen LogP contribution < -0.4 is 5.73 Å². The molecule has 0 radical (unpaired) electrons. The Morgan fingerprint density at radius 1 is 1.62 bits per heavy atom. The van der Waals surface area contributed by atoms with Crippen molar-refractivity contribution in [3.63, 3.8) is 0 Å². The average molecular weight is 185 g/mol. The summed E-state index contributed by atoms with van der Waals surface area (Å²) in [5.74, 6) is 0.0874. The third kappa shape index (κ3) is 2.67. The number of rotatable bonds is 3. The average Bonchev–Trinajstić information content (AvgIpc) is 2.50. The molecule has 13 heavy (non-hydrogen) atoms. The minimum atomic E-state index is 0.0874. The summed E-state index contributed by atoms with van der Waals surface area (Å²) in [5, 5.41) is 0. The van der Waals surface area contributed by atoms with E-state index in [-0.39, 0.29) is 12.5 Å². The van der Waals surface area contributed by atoms with Gasteiger partial charge in [0.15, 0.2) is 0 Å². The van der Waals surface area contributed by atoms with Gasteiger partial charge in [-0.05, 0) is 26.9 Å². The predicted octanol–water partition coefficient (Wildman–Crippen LogP) is -0.502. The van der Waals surface area contributed by atoms with E-state index in [0.29, 0.717) is 6.04 Å². The van der Waals surface area contributed by atoms with Crippen LogP contribution in [0.15, 0.2) is 0 Å². The number of likely N-dealkylation sites (N-methyl/N-ethyl adjacent to an activating group) is 1. The van der Waals surface area contributed by atoms with Gasteiger partial charge in [0.2, 0.25) is 5.91 Å². The minimum absolute atomic E-state index is 0.0874. The first kappa shape index (κ1) is 10.5. The Kier molecular flexibility index (Phi) is 3.69. The van der Waals surface area contributed by atoms with Crippen molar-refractivity contribution in [2.75, 3.05) is 33.7 Å². The Morgan fingerprint density at radius 3 is 2.85 bits per heavy atom. The summed E-state index contributed by atoms with van der Waals surface area (Å²) in [5.41, 5.74) is 5.34. The van der Waals surface area contributed by atoms with Gasteiger partial charge in [-0.25, -0.2) is 0 Å². The molecule has 1 aliphatic rings. The molecule has 1 amide bonds. The molecule has 0 aromatic heterocycles. The first-order chi connectivity index (χ1) is 6.15. The van der Waals surface area contributed by atoms with Crippen LogP contribution in [-0.4, -0.2) is 55.5 Å². The largest absolute Gasteiger partial charge is 0.337 e. The van der Waals surface area contributed by atoms with Crippen LogP contribution >= 0.6 is 0 Å². The SMILES string of the molecule is CN(C)CC1CCCN1C(=O)CN. The monoisotopic (exact) mass is 185 g/mol. The summed E-state index contributed by atoms with van der Waals surface area (Å²) < 4.78 is 0. The number of hydrogen-bond acceptors (Lipinski definition) is 3. The van der Waals surface area contributed by atoms with E-state index in [9.17, 15) is 4.79 Å². The Morgan fingerprint density at radius 2 is 2.31 bits per heavy atom. The Bertz CT molecular complexity index is 182. The lowest BCUT2D eigenvalue weighted by molar-refractivity contribution is -0.130. The van der Waals surface area contributed by atoms with Gasteiger partial charge >= 0.3 is 0 Å². The fraction of sp³-hybridized carbons (Fsp3) is 0.889. The van der Waals surface area contributed by atoms with Gasteiger partial charge in [0.05, 0.1) is 6.54 Å². The van der Waals surface area contributed by atoms with Crippen molar-refractivity contribution in [3.05, 3.63) is 0 Å². The lowest BCUT2D eigenvalue weighted by Crippen LogP contribution is -2.43. The number of nitrogens with zero attached hydrogens (tertiary/aromatic N) is 2. The molecule has 0 aromatic carbocycles. The molecule has 0 spiro atoms. The molecule has 1 saturated heterocycles. The van der Waals surface area contributed by atoms with Crippen LogP contribution in [0, 0.1) is 0 Å². The summed E-state index contributed by atoms with van der Waals surface area (Å²) in [6.45, 7) is 1.98. The molecule has 0 saturated carbocycles. The molecule has 0 aliphatic carbocycles. The highest BCUT2D eigenvalue weighted by Crippen LogP contribution is 2.17. The third-order valence-electron chi connectivity index (χ3n) is 2.45. The van der Waals surface area contributed by atoms with E-state index < -0.39 is 0 Å². The molecule has 4 nitrogen and oxygen atoms in total. The number of nitrogens with two attached hydrogens (primary N) is 1. The maximum Gasteiger partial charge on any atom is 0.236 e. The first-order valence-electron chi connectivity index (χ1n) is 4.79. The van der Waals surface area contributed by atoms with Crippen LogP contribution in [0.3, 0.4) is 0 Å². The van der Waals surface area contributed by atoms with Crippen LogP contribution in [0.5, 0.6) is 0 Å². The molecule has 2 N–H and O–H groups in total. The summed E-state index contributed by atoms with van der Waals surface area (Å²) in [6.07, 6.45) is 2.23. The predicted molar refractivity (Wildman–Crippen MR) is 52.3 cm³/mol. The molecular weight excluding hydrogens is 166 g/mol. The number of carbonyl (C=O) groups is 1. The molecule has 76 valence electrons.